The first-order chi connectivity index (χ1) is 8.34. The highest BCUT2D eigenvalue weighted by atomic mass is 32.2. The molecule has 0 unspecified atom stereocenters. The van der Waals surface area contributed by atoms with Crippen molar-refractivity contribution in [3.05, 3.63) is 39.0 Å². The van der Waals surface area contributed by atoms with E-state index in [2.05, 4.69) is 4.98 Å². The molecule has 1 aromatic carbocycles. The molecule has 18 heavy (non-hydrogen) atoms. The standard InChI is InChI=1S/C10H10N2O5S/c1-2-12-8-5-6(18(15,16)17)3-4-7(8)9(13)11-10(12)14/h3-5H,2H2,1H3,(H,11,13,14)(H,15,16,17). The van der Waals surface area contributed by atoms with Gasteiger partial charge in [-0.1, -0.05) is 0 Å². The molecule has 7 nitrogen and oxygen atoms in total. The number of H-pyrrole nitrogens is 1. The predicted octanol–water partition coefficient (Wildman–Crippen LogP) is -0.0436. The fourth-order valence-corrected chi connectivity index (χ4v) is 2.24. The normalized spacial score (nSPS) is 11.9. The van der Waals surface area contributed by atoms with E-state index in [0.29, 0.717) is 0 Å². The van der Waals surface area contributed by atoms with E-state index in [1.807, 2.05) is 0 Å². The Bertz CT molecular complexity index is 831. The Labute approximate surface area is 101 Å². The lowest BCUT2D eigenvalue weighted by Gasteiger charge is -2.07. The third-order valence-electron chi connectivity index (χ3n) is 2.58. The summed E-state index contributed by atoms with van der Waals surface area (Å²) in [5.74, 6) is 0. The summed E-state index contributed by atoms with van der Waals surface area (Å²) in [5.41, 5.74) is -1.05. The van der Waals surface area contributed by atoms with E-state index in [1.165, 1.54) is 10.6 Å². The molecule has 0 saturated carbocycles. The van der Waals surface area contributed by atoms with Crippen LogP contribution < -0.4 is 11.2 Å². The lowest BCUT2D eigenvalue weighted by molar-refractivity contribution is 0.483. The summed E-state index contributed by atoms with van der Waals surface area (Å²) in [6.07, 6.45) is 0. The molecule has 0 radical (unpaired) electrons. The fraction of sp³-hybridized carbons (Fsp3) is 0.200. The number of aromatic amines is 1. The minimum Gasteiger partial charge on any atom is -0.294 e. The molecule has 0 atom stereocenters. The van der Waals surface area contributed by atoms with Crippen LogP contribution in [0.5, 0.6) is 0 Å². The summed E-state index contributed by atoms with van der Waals surface area (Å²) in [7, 11) is -4.37. The number of hydrogen-bond donors (Lipinski definition) is 2. The molecule has 0 spiro atoms. The molecule has 0 amide bonds. The summed E-state index contributed by atoms with van der Waals surface area (Å²) < 4.78 is 32.2. The second kappa shape index (κ2) is 4.07. The second-order valence-electron chi connectivity index (χ2n) is 3.66. The maximum absolute atomic E-state index is 11.5. The number of rotatable bonds is 2. The predicted molar refractivity (Wildman–Crippen MR) is 64.3 cm³/mol. The number of aryl methyl sites for hydroxylation is 1. The zero-order chi connectivity index (χ0) is 13.5. The van der Waals surface area contributed by atoms with E-state index in [1.54, 1.807) is 6.92 Å². The van der Waals surface area contributed by atoms with Gasteiger partial charge in [0.15, 0.2) is 0 Å². The zero-order valence-electron chi connectivity index (χ0n) is 9.37. The van der Waals surface area contributed by atoms with Crippen molar-refractivity contribution in [3.8, 4) is 0 Å². The van der Waals surface area contributed by atoms with Crippen molar-refractivity contribution in [2.75, 3.05) is 0 Å². The van der Waals surface area contributed by atoms with Gasteiger partial charge in [0, 0.05) is 6.54 Å². The maximum atomic E-state index is 11.5. The Hall–Kier alpha value is -1.93. The number of nitrogens with zero attached hydrogens (tertiary/aromatic N) is 1. The Morgan fingerprint density at radius 2 is 2.00 bits per heavy atom. The molecule has 96 valence electrons. The van der Waals surface area contributed by atoms with Crippen LogP contribution in [0.2, 0.25) is 0 Å². The van der Waals surface area contributed by atoms with Crippen molar-refractivity contribution in [2.24, 2.45) is 0 Å². The van der Waals surface area contributed by atoms with Crippen LogP contribution in [0.4, 0.5) is 0 Å². The number of hydrogen-bond acceptors (Lipinski definition) is 4. The second-order valence-corrected chi connectivity index (χ2v) is 5.08. The van der Waals surface area contributed by atoms with E-state index < -0.39 is 21.4 Å². The number of aromatic nitrogens is 2. The van der Waals surface area contributed by atoms with Crippen LogP contribution in [0.3, 0.4) is 0 Å². The van der Waals surface area contributed by atoms with Gasteiger partial charge >= 0.3 is 5.69 Å². The Morgan fingerprint density at radius 3 is 2.56 bits per heavy atom. The maximum Gasteiger partial charge on any atom is 0.328 e. The number of benzene rings is 1. The third-order valence-corrected chi connectivity index (χ3v) is 3.43. The summed E-state index contributed by atoms with van der Waals surface area (Å²) in [5, 5.41) is 0.184. The average molecular weight is 270 g/mol. The molecule has 1 heterocycles. The van der Waals surface area contributed by atoms with E-state index in [4.69, 9.17) is 4.55 Å². The van der Waals surface area contributed by atoms with E-state index in [-0.39, 0.29) is 22.3 Å². The third kappa shape index (κ3) is 1.95. The van der Waals surface area contributed by atoms with Crippen LogP contribution in [0.15, 0.2) is 32.7 Å². The lowest BCUT2D eigenvalue weighted by atomic mass is 10.2. The Morgan fingerprint density at radius 1 is 1.33 bits per heavy atom. The van der Waals surface area contributed by atoms with Gasteiger partial charge < -0.3 is 0 Å². The smallest absolute Gasteiger partial charge is 0.294 e. The molecule has 0 aliphatic heterocycles. The van der Waals surface area contributed by atoms with Gasteiger partial charge in [0.05, 0.1) is 15.8 Å². The van der Waals surface area contributed by atoms with Crippen molar-refractivity contribution in [2.45, 2.75) is 18.4 Å². The molecule has 8 heteroatoms. The number of fused-ring (bicyclic) bond motifs is 1. The molecule has 0 bridgehead atoms. The Kier molecular flexibility index (Phi) is 2.83. The quantitative estimate of drug-likeness (QED) is 0.744. The van der Waals surface area contributed by atoms with Gasteiger partial charge in [-0.2, -0.15) is 8.42 Å². The number of nitrogens with one attached hydrogen (secondary N) is 1. The SMILES string of the molecule is CCn1c(=O)[nH]c(=O)c2ccc(S(=O)(=O)O)cc21. The zero-order valence-corrected chi connectivity index (χ0v) is 10.2. The molecule has 0 aliphatic rings. The summed E-state index contributed by atoms with van der Waals surface area (Å²) in [6, 6.07) is 3.46. The van der Waals surface area contributed by atoms with Gasteiger partial charge in [-0.3, -0.25) is 18.9 Å². The fourth-order valence-electron chi connectivity index (χ4n) is 1.74. The minimum absolute atomic E-state index is 0.168. The molecular weight excluding hydrogens is 260 g/mol. The largest absolute Gasteiger partial charge is 0.328 e. The van der Waals surface area contributed by atoms with Crippen LogP contribution in [0.1, 0.15) is 6.92 Å². The molecular formula is C10H10N2O5S. The lowest BCUT2D eigenvalue weighted by Crippen LogP contribution is -2.29. The molecule has 2 rings (SSSR count). The minimum atomic E-state index is -4.37. The summed E-state index contributed by atoms with van der Waals surface area (Å²) in [4.78, 5) is 24.9. The van der Waals surface area contributed by atoms with Crippen molar-refractivity contribution in [1.29, 1.82) is 0 Å². The highest BCUT2D eigenvalue weighted by Crippen LogP contribution is 2.15. The molecule has 1 aromatic heterocycles. The first-order valence-electron chi connectivity index (χ1n) is 5.09. The van der Waals surface area contributed by atoms with Gasteiger partial charge in [-0.15, -0.1) is 0 Å². The van der Waals surface area contributed by atoms with Gasteiger partial charge in [0.1, 0.15) is 0 Å². The molecule has 2 aromatic rings. The highest BCUT2D eigenvalue weighted by Gasteiger charge is 2.13. The molecule has 0 fully saturated rings. The first-order valence-corrected chi connectivity index (χ1v) is 6.53. The van der Waals surface area contributed by atoms with Crippen LogP contribution >= 0.6 is 0 Å². The van der Waals surface area contributed by atoms with Crippen LogP contribution in [0, 0.1) is 0 Å². The topological polar surface area (TPSA) is 109 Å². The van der Waals surface area contributed by atoms with Gasteiger partial charge in [-0.05, 0) is 25.1 Å². The highest BCUT2D eigenvalue weighted by molar-refractivity contribution is 7.85. The first kappa shape index (κ1) is 12.5. The molecule has 0 saturated heterocycles. The summed E-state index contributed by atoms with van der Waals surface area (Å²) >= 11 is 0. The van der Waals surface area contributed by atoms with Crippen molar-refractivity contribution in [3.63, 3.8) is 0 Å². The van der Waals surface area contributed by atoms with Crippen LogP contribution in [-0.4, -0.2) is 22.5 Å². The molecule has 0 aliphatic carbocycles. The van der Waals surface area contributed by atoms with Crippen molar-refractivity contribution < 1.29 is 13.0 Å². The van der Waals surface area contributed by atoms with Crippen LogP contribution in [0.25, 0.3) is 10.9 Å². The van der Waals surface area contributed by atoms with Gasteiger partial charge in [-0.25, -0.2) is 4.79 Å². The van der Waals surface area contributed by atoms with Crippen LogP contribution in [-0.2, 0) is 16.7 Å². The average Bonchev–Trinajstić information content (AvgIpc) is 2.27. The van der Waals surface area contributed by atoms with Crippen molar-refractivity contribution in [1.82, 2.24) is 9.55 Å². The van der Waals surface area contributed by atoms with E-state index >= 15 is 0 Å². The molecule has 2 N–H and O–H groups in total. The van der Waals surface area contributed by atoms with Gasteiger partial charge in [0.2, 0.25) is 0 Å². The van der Waals surface area contributed by atoms with Crippen molar-refractivity contribution >= 4 is 21.0 Å². The monoisotopic (exact) mass is 270 g/mol. The summed E-state index contributed by atoms with van der Waals surface area (Å²) in [6.45, 7) is 1.94. The van der Waals surface area contributed by atoms with Gasteiger partial charge in [0.25, 0.3) is 15.7 Å². The van der Waals surface area contributed by atoms with E-state index in [9.17, 15) is 18.0 Å². The van der Waals surface area contributed by atoms with E-state index in [0.717, 1.165) is 12.1 Å². The Balaban J connectivity index is 3.00.